The molecule has 1 aromatic carbocycles. The molecule has 2 aromatic heterocycles. The molecule has 2 amide bonds. The number of primary amides is 1. The molecule has 0 aliphatic heterocycles. The average Bonchev–Trinajstić information content (AvgIpc) is 3.07. The number of nitrogens with two attached hydrogens (primary N) is 1. The molecule has 0 radical (unpaired) electrons. The second-order valence-electron chi connectivity index (χ2n) is 5.54. The van der Waals surface area contributed by atoms with Gasteiger partial charge in [-0.05, 0) is 37.3 Å². The van der Waals surface area contributed by atoms with E-state index in [0.29, 0.717) is 22.4 Å². The summed E-state index contributed by atoms with van der Waals surface area (Å²) < 4.78 is 5.18. The number of pyridine rings is 1. The number of aryl methyl sites for hydroxylation is 1. The molecule has 0 saturated carbocycles. The van der Waals surface area contributed by atoms with Gasteiger partial charge in [-0.25, -0.2) is 0 Å². The highest BCUT2D eigenvalue weighted by Gasteiger charge is 2.12. The van der Waals surface area contributed by atoms with E-state index in [9.17, 15) is 9.59 Å². The molecule has 6 nitrogen and oxygen atoms in total. The number of benzene rings is 1. The molecule has 0 saturated heterocycles. The maximum Gasteiger partial charge on any atom is 0.291 e. The van der Waals surface area contributed by atoms with Gasteiger partial charge in [0, 0.05) is 34.8 Å². The lowest BCUT2D eigenvalue weighted by Crippen LogP contribution is -2.12. The van der Waals surface area contributed by atoms with Gasteiger partial charge in [0.25, 0.3) is 5.91 Å². The predicted molar refractivity (Wildman–Crippen MR) is 96.6 cm³/mol. The van der Waals surface area contributed by atoms with Gasteiger partial charge in [0.1, 0.15) is 0 Å². The number of hydrogen-bond acceptors (Lipinski definition) is 4. The van der Waals surface area contributed by atoms with E-state index in [2.05, 4.69) is 22.1 Å². The Labute approximate surface area is 150 Å². The molecule has 0 fully saturated rings. The van der Waals surface area contributed by atoms with Gasteiger partial charge in [0.15, 0.2) is 5.76 Å². The summed E-state index contributed by atoms with van der Waals surface area (Å²) >= 11 is 0. The van der Waals surface area contributed by atoms with E-state index in [0.717, 1.165) is 5.56 Å². The van der Waals surface area contributed by atoms with Gasteiger partial charge in [0.05, 0.1) is 11.8 Å². The number of aromatic nitrogens is 1. The number of nitrogens with zero attached hydrogens (tertiary/aromatic N) is 1. The zero-order valence-corrected chi connectivity index (χ0v) is 13.9. The van der Waals surface area contributed by atoms with Gasteiger partial charge in [-0.1, -0.05) is 17.9 Å². The highest BCUT2D eigenvalue weighted by Crippen LogP contribution is 2.14. The zero-order chi connectivity index (χ0) is 18.5. The standard InChI is InChI=1S/C20H15N3O3/c1-13-7-8-26-18(13)20(25)23-17-4-2-3-14(10-17)5-6-15-9-16(19(21)24)12-22-11-15/h2-4,7-12H,1H3,(H2,21,24)(H,23,25). The summed E-state index contributed by atoms with van der Waals surface area (Å²) in [6.07, 6.45) is 4.41. The Kier molecular flexibility index (Phi) is 4.81. The molecule has 3 aromatic rings. The summed E-state index contributed by atoms with van der Waals surface area (Å²) in [4.78, 5) is 27.3. The summed E-state index contributed by atoms with van der Waals surface area (Å²) in [6, 6.07) is 10.4. The Morgan fingerprint density at radius 3 is 2.65 bits per heavy atom. The Morgan fingerprint density at radius 2 is 1.92 bits per heavy atom. The smallest absolute Gasteiger partial charge is 0.291 e. The van der Waals surface area contributed by atoms with Crippen LogP contribution < -0.4 is 11.1 Å². The second kappa shape index (κ2) is 7.36. The highest BCUT2D eigenvalue weighted by molar-refractivity contribution is 6.03. The fourth-order valence-corrected chi connectivity index (χ4v) is 2.26. The van der Waals surface area contributed by atoms with Crippen LogP contribution in [0.25, 0.3) is 0 Å². The first-order valence-corrected chi connectivity index (χ1v) is 7.75. The number of carbonyl (C=O) groups is 2. The molecular weight excluding hydrogens is 330 g/mol. The minimum absolute atomic E-state index is 0.274. The number of hydrogen-bond donors (Lipinski definition) is 2. The van der Waals surface area contributed by atoms with Crippen LogP contribution in [0.4, 0.5) is 5.69 Å². The molecule has 3 N–H and O–H groups in total. The number of furan rings is 1. The van der Waals surface area contributed by atoms with E-state index in [1.807, 2.05) is 6.07 Å². The predicted octanol–water partition coefficient (Wildman–Crippen LogP) is 2.73. The largest absolute Gasteiger partial charge is 0.459 e. The van der Waals surface area contributed by atoms with Gasteiger partial charge in [-0.2, -0.15) is 0 Å². The van der Waals surface area contributed by atoms with Crippen molar-refractivity contribution in [3.8, 4) is 11.8 Å². The summed E-state index contributed by atoms with van der Waals surface area (Å²) in [6.45, 7) is 1.80. The Balaban J connectivity index is 1.78. The molecule has 0 bridgehead atoms. The van der Waals surface area contributed by atoms with Crippen molar-refractivity contribution < 1.29 is 14.0 Å². The van der Waals surface area contributed by atoms with Gasteiger partial charge in [0.2, 0.25) is 5.91 Å². The van der Waals surface area contributed by atoms with Crippen LogP contribution in [-0.4, -0.2) is 16.8 Å². The second-order valence-corrected chi connectivity index (χ2v) is 5.54. The minimum Gasteiger partial charge on any atom is -0.459 e. The summed E-state index contributed by atoms with van der Waals surface area (Å²) in [5, 5.41) is 2.77. The normalized spacial score (nSPS) is 9.88. The van der Waals surface area contributed by atoms with Crippen molar-refractivity contribution in [2.24, 2.45) is 5.73 Å². The number of carbonyl (C=O) groups excluding carboxylic acids is 2. The number of amides is 2. The lowest BCUT2D eigenvalue weighted by molar-refractivity contribution is 0.0989. The van der Waals surface area contributed by atoms with E-state index in [1.54, 1.807) is 43.5 Å². The van der Waals surface area contributed by atoms with Crippen molar-refractivity contribution in [2.45, 2.75) is 6.92 Å². The fourth-order valence-electron chi connectivity index (χ4n) is 2.26. The van der Waals surface area contributed by atoms with Crippen LogP contribution >= 0.6 is 0 Å². The SMILES string of the molecule is Cc1ccoc1C(=O)Nc1cccc(C#Cc2cncc(C(N)=O)c2)c1. The number of anilines is 1. The lowest BCUT2D eigenvalue weighted by atomic mass is 10.1. The third kappa shape index (κ3) is 3.97. The third-order valence-corrected chi connectivity index (χ3v) is 3.56. The first kappa shape index (κ1) is 17.0. The molecule has 6 heteroatoms. The van der Waals surface area contributed by atoms with E-state index in [4.69, 9.17) is 10.2 Å². The van der Waals surface area contributed by atoms with Crippen LogP contribution in [-0.2, 0) is 0 Å². The maximum atomic E-state index is 12.2. The maximum absolute atomic E-state index is 12.2. The first-order valence-electron chi connectivity index (χ1n) is 7.75. The van der Waals surface area contributed by atoms with Gasteiger partial charge in [-0.3, -0.25) is 14.6 Å². The quantitative estimate of drug-likeness (QED) is 0.713. The third-order valence-electron chi connectivity index (χ3n) is 3.56. The van der Waals surface area contributed by atoms with Gasteiger partial charge >= 0.3 is 0 Å². The molecule has 128 valence electrons. The molecular formula is C20H15N3O3. The van der Waals surface area contributed by atoms with Crippen LogP contribution in [0, 0.1) is 18.8 Å². The Hall–Kier alpha value is -3.85. The van der Waals surface area contributed by atoms with E-state index in [1.165, 1.54) is 12.5 Å². The number of rotatable bonds is 3. The summed E-state index contributed by atoms with van der Waals surface area (Å²) in [5.74, 6) is 5.29. The minimum atomic E-state index is -0.556. The van der Waals surface area contributed by atoms with Crippen LogP contribution in [0.1, 0.15) is 37.6 Å². The van der Waals surface area contributed by atoms with Crippen LogP contribution in [0.2, 0.25) is 0 Å². The van der Waals surface area contributed by atoms with Gasteiger partial charge in [-0.15, -0.1) is 0 Å². The fraction of sp³-hybridized carbons (Fsp3) is 0.0500. The van der Waals surface area contributed by atoms with Gasteiger partial charge < -0.3 is 15.5 Å². The van der Waals surface area contributed by atoms with Crippen LogP contribution in [0.15, 0.2) is 59.5 Å². The van der Waals surface area contributed by atoms with Crippen LogP contribution in [0.3, 0.4) is 0 Å². The molecule has 0 aliphatic rings. The molecule has 26 heavy (non-hydrogen) atoms. The first-order chi connectivity index (χ1) is 12.5. The zero-order valence-electron chi connectivity index (χ0n) is 13.9. The summed E-state index contributed by atoms with van der Waals surface area (Å²) in [5.41, 5.74) is 8.16. The Morgan fingerprint density at radius 1 is 1.12 bits per heavy atom. The Bertz CT molecular complexity index is 1040. The molecule has 0 spiro atoms. The van der Waals surface area contributed by atoms with Crippen molar-refractivity contribution in [3.63, 3.8) is 0 Å². The van der Waals surface area contributed by atoms with E-state index >= 15 is 0 Å². The molecule has 2 heterocycles. The van der Waals surface area contributed by atoms with Crippen molar-refractivity contribution in [1.29, 1.82) is 0 Å². The summed E-state index contributed by atoms with van der Waals surface area (Å²) in [7, 11) is 0. The monoisotopic (exact) mass is 345 g/mol. The van der Waals surface area contributed by atoms with Crippen LogP contribution in [0.5, 0.6) is 0 Å². The van der Waals surface area contributed by atoms with E-state index in [-0.39, 0.29) is 11.7 Å². The number of nitrogens with one attached hydrogen (secondary N) is 1. The molecule has 0 atom stereocenters. The highest BCUT2D eigenvalue weighted by atomic mass is 16.3. The molecule has 3 rings (SSSR count). The molecule has 0 aliphatic carbocycles. The van der Waals surface area contributed by atoms with E-state index < -0.39 is 5.91 Å². The van der Waals surface area contributed by atoms with Crippen molar-refractivity contribution in [2.75, 3.05) is 5.32 Å². The van der Waals surface area contributed by atoms with Crippen molar-refractivity contribution >= 4 is 17.5 Å². The molecule has 0 unspecified atom stereocenters. The average molecular weight is 345 g/mol. The topological polar surface area (TPSA) is 98.2 Å². The van der Waals surface area contributed by atoms with Crippen molar-refractivity contribution in [3.05, 3.63) is 83.1 Å². The lowest BCUT2D eigenvalue weighted by Gasteiger charge is -2.04. The van der Waals surface area contributed by atoms with Crippen molar-refractivity contribution in [1.82, 2.24) is 4.98 Å².